The van der Waals surface area contributed by atoms with Gasteiger partial charge in [0.05, 0.1) is 6.61 Å². The van der Waals surface area contributed by atoms with Gasteiger partial charge in [-0.2, -0.15) is 0 Å². The second kappa shape index (κ2) is 7.03. The van der Waals surface area contributed by atoms with Crippen molar-refractivity contribution in [3.8, 4) is 0 Å². The maximum absolute atomic E-state index is 12.2. The van der Waals surface area contributed by atoms with Gasteiger partial charge >= 0.3 is 0 Å². The van der Waals surface area contributed by atoms with Crippen molar-refractivity contribution < 1.29 is 9.90 Å². The third-order valence-electron chi connectivity index (χ3n) is 4.12. The number of hydrogen-bond donors (Lipinski definition) is 4. The molecule has 108 valence electrons. The predicted molar refractivity (Wildman–Crippen MR) is 74.8 cm³/mol. The highest BCUT2D eigenvalue weighted by Crippen LogP contribution is 2.23. The maximum Gasteiger partial charge on any atom is 0.223 e. The van der Waals surface area contributed by atoms with Crippen molar-refractivity contribution >= 4 is 5.91 Å². The van der Waals surface area contributed by atoms with Crippen molar-refractivity contribution in [3.63, 3.8) is 0 Å². The van der Waals surface area contributed by atoms with E-state index in [-0.39, 0.29) is 24.5 Å². The van der Waals surface area contributed by atoms with Crippen LogP contribution in [-0.4, -0.2) is 49.3 Å². The van der Waals surface area contributed by atoms with Gasteiger partial charge in [0.1, 0.15) is 0 Å². The maximum atomic E-state index is 12.2. The molecular weight excluding hydrogens is 242 g/mol. The molecule has 0 bridgehead atoms. The molecule has 1 saturated heterocycles. The van der Waals surface area contributed by atoms with E-state index in [1.54, 1.807) is 0 Å². The fourth-order valence-electron chi connectivity index (χ4n) is 2.74. The lowest BCUT2D eigenvalue weighted by Crippen LogP contribution is -2.58. The standard InChI is InChI=1S/C14H25N3O2/c1-10(13-8-15-6-7-16-13)17-14(19)12-4-2-11(9-18)3-5-12/h2,10,12-13,15-16,18H,3-9H2,1H3,(H,17,19). The zero-order valence-corrected chi connectivity index (χ0v) is 11.6. The Hall–Kier alpha value is -0.910. The first-order valence-corrected chi connectivity index (χ1v) is 7.24. The molecule has 0 aromatic rings. The Balaban J connectivity index is 1.79. The largest absolute Gasteiger partial charge is 0.392 e. The second-order valence-corrected chi connectivity index (χ2v) is 5.55. The number of piperazine rings is 1. The van der Waals surface area contributed by atoms with Crippen LogP contribution in [0.15, 0.2) is 11.6 Å². The molecule has 3 unspecified atom stereocenters. The Morgan fingerprint density at radius 3 is 3.00 bits per heavy atom. The van der Waals surface area contributed by atoms with Crippen LogP contribution >= 0.6 is 0 Å². The van der Waals surface area contributed by atoms with Gasteiger partial charge in [0.25, 0.3) is 0 Å². The Bertz CT molecular complexity index is 338. The number of allylic oxidation sites excluding steroid dienone is 1. The summed E-state index contributed by atoms with van der Waals surface area (Å²) in [6, 6.07) is 0.452. The van der Waals surface area contributed by atoms with Crippen LogP contribution < -0.4 is 16.0 Å². The zero-order chi connectivity index (χ0) is 13.7. The summed E-state index contributed by atoms with van der Waals surface area (Å²) in [7, 11) is 0. The topological polar surface area (TPSA) is 73.4 Å². The minimum atomic E-state index is 0.0642. The molecule has 1 fully saturated rings. The summed E-state index contributed by atoms with van der Waals surface area (Å²) in [6.45, 7) is 5.04. The molecule has 0 aromatic carbocycles. The van der Waals surface area contributed by atoms with Crippen LogP contribution in [0.25, 0.3) is 0 Å². The predicted octanol–water partition coefficient (Wildman–Crippen LogP) is -0.229. The molecule has 0 saturated carbocycles. The van der Waals surface area contributed by atoms with Crippen molar-refractivity contribution in [2.75, 3.05) is 26.2 Å². The number of rotatable bonds is 4. The van der Waals surface area contributed by atoms with E-state index in [0.717, 1.165) is 44.5 Å². The van der Waals surface area contributed by atoms with E-state index in [0.29, 0.717) is 6.04 Å². The van der Waals surface area contributed by atoms with Crippen molar-refractivity contribution in [1.82, 2.24) is 16.0 Å². The van der Waals surface area contributed by atoms with Gasteiger partial charge in [0.2, 0.25) is 5.91 Å². The number of aliphatic hydroxyl groups excluding tert-OH is 1. The highest BCUT2D eigenvalue weighted by atomic mass is 16.3. The van der Waals surface area contributed by atoms with E-state index in [9.17, 15) is 4.79 Å². The third kappa shape index (κ3) is 4.03. The number of carbonyl (C=O) groups excluding carboxylic acids is 1. The first-order chi connectivity index (χ1) is 9.20. The fourth-order valence-corrected chi connectivity index (χ4v) is 2.74. The van der Waals surface area contributed by atoms with E-state index in [1.165, 1.54) is 0 Å². The normalized spacial score (nSPS) is 29.5. The van der Waals surface area contributed by atoms with Gasteiger partial charge in [-0.15, -0.1) is 0 Å². The van der Waals surface area contributed by atoms with Gasteiger partial charge in [0.15, 0.2) is 0 Å². The molecule has 0 radical (unpaired) electrons. The van der Waals surface area contributed by atoms with Gasteiger partial charge in [-0.1, -0.05) is 6.08 Å². The van der Waals surface area contributed by atoms with Crippen LogP contribution in [0.3, 0.4) is 0 Å². The molecule has 1 aliphatic heterocycles. The summed E-state index contributed by atoms with van der Waals surface area (Å²) in [5.41, 5.74) is 1.07. The molecule has 2 rings (SSSR count). The summed E-state index contributed by atoms with van der Waals surface area (Å²) in [5, 5.41) is 18.9. The smallest absolute Gasteiger partial charge is 0.223 e. The summed E-state index contributed by atoms with van der Waals surface area (Å²) in [4.78, 5) is 12.2. The van der Waals surface area contributed by atoms with E-state index in [2.05, 4.69) is 22.9 Å². The van der Waals surface area contributed by atoms with Crippen molar-refractivity contribution in [2.24, 2.45) is 5.92 Å². The molecule has 0 spiro atoms. The SMILES string of the molecule is CC(NC(=O)C1CC=C(CO)CC1)C1CNCCN1. The summed E-state index contributed by atoms with van der Waals surface area (Å²) in [6.07, 6.45) is 4.46. The first-order valence-electron chi connectivity index (χ1n) is 7.24. The van der Waals surface area contributed by atoms with Gasteiger partial charge in [0, 0.05) is 37.6 Å². The van der Waals surface area contributed by atoms with Crippen LogP contribution in [0.5, 0.6) is 0 Å². The average Bonchev–Trinajstić information content (AvgIpc) is 2.48. The molecule has 1 heterocycles. The van der Waals surface area contributed by atoms with E-state index < -0.39 is 0 Å². The lowest BCUT2D eigenvalue weighted by molar-refractivity contribution is -0.126. The first kappa shape index (κ1) is 14.5. The van der Waals surface area contributed by atoms with Gasteiger partial charge in [-0.05, 0) is 31.8 Å². The van der Waals surface area contributed by atoms with Crippen molar-refractivity contribution in [2.45, 2.75) is 38.3 Å². The van der Waals surface area contributed by atoms with Crippen LogP contribution in [-0.2, 0) is 4.79 Å². The van der Waals surface area contributed by atoms with Crippen LogP contribution in [0, 0.1) is 5.92 Å². The number of amides is 1. The molecule has 4 N–H and O–H groups in total. The Morgan fingerprint density at radius 2 is 2.42 bits per heavy atom. The Labute approximate surface area is 114 Å². The number of hydrogen-bond acceptors (Lipinski definition) is 4. The van der Waals surface area contributed by atoms with Crippen molar-refractivity contribution in [3.05, 3.63) is 11.6 Å². The average molecular weight is 267 g/mol. The molecule has 3 atom stereocenters. The Morgan fingerprint density at radius 1 is 1.58 bits per heavy atom. The zero-order valence-electron chi connectivity index (χ0n) is 11.6. The number of aliphatic hydroxyl groups is 1. The summed E-state index contributed by atoms with van der Waals surface area (Å²) < 4.78 is 0. The third-order valence-corrected chi connectivity index (χ3v) is 4.12. The lowest BCUT2D eigenvalue weighted by Gasteiger charge is -2.31. The van der Waals surface area contributed by atoms with Crippen LogP contribution in [0.1, 0.15) is 26.2 Å². The molecule has 1 aliphatic carbocycles. The fraction of sp³-hybridized carbons (Fsp3) is 0.786. The number of carbonyl (C=O) groups is 1. The quantitative estimate of drug-likeness (QED) is 0.531. The summed E-state index contributed by atoms with van der Waals surface area (Å²) >= 11 is 0. The van der Waals surface area contributed by atoms with Gasteiger partial charge in [-0.3, -0.25) is 4.79 Å². The molecule has 1 amide bonds. The minimum absolute atomic E-state index is 0.0642. The molecule has 19 heavy (non-hydrogen) atoms. The van der Waals surface area contributed by atoms with E-state index in [1.807, 2.05) is 6.08 Å². The molecule has 5 nitrogen and oxygen atoms in total. The van der Waals surface area contributed by atoms with Crippen LogP contribution in [0.4, 0.5) is 0 Å². The van der Waals surface area contributed by atoms with E-state index >= 15 is 0 Å². The highest BCUT2D eigenvalue weighted by molar-refractivity contribution is 5.79. The molecule has 5 heteroatoms. The molecule has 0 aromatic heterocycles. The Kier molecular flexibility index (Phi) is 5.36. The van der Waals surface area contributed by atoms with Gasteiger partial charge in [-0.25, -0.2) is 0 Å². The molecular formula is C14H25N3O2. The van der Waals surface area contributed by atoms with Crippen molar-refractivity contribution in [1.29, 1.82) is 0 Å². The second-order valence-electron chi connectivity index (χ2n) is 5.55. The highest BCUT2D eigenvalue weighted by Gasteiger charge is 2.25. The monoisotopic (exact) mass is 267 g/mol. The van der Waals surface area contributed by atoms with E-state index in [4.69, 9.17) is 5.11 Å². The molecule has 2 aliphatic rings. The van der Waals surface area contributed by atoms with Crippen LogP contribution in [0.2, 0.25) is 0 Å². The lowest BCUT2D eigenvalue weighted by atomic mass is 9.89. The number of nitrogens with one attached hydrogen (secondary N) is 3. The minimum Gasteiger partial charge on any atom is -0.392 e. The van der Waals surface area contributed by atoms with Gasteiger partial charge < -0.3 is 21.1 Å². The summed E-state index contributed by atoms with van der Waals surface area (Å²) in [5.74, 6) is 0.211.